The van der Waals surface area contributed by atoms with Gasteiger partial charge in [-0.2, -0.15) is 0 Å². The number of allylic oxidation sites excluding steroid dienone is 1. The fourth-order valence-electron chi connectivity index (χ4n) is 2.49. The summed E-state index contributed by atoms with van der Waals surface area (Å²) in [7, 11) is 0. The fraction of sp³-hybridized carbons (Fsp3) is 0.353. The molecule has 0 aliphatic heterocycles. The Labute approximate surface area is 149 Å². The SMILES string of the molecule is C=CCn1c(SCc2nnnn2CCCC)nc2ccccc2c1=O. The topological polar surface area (TPSA) is 78.5 Å². The molecular weight excluding hydrogens is 336 g/mol. The summed E-state index contributed by atoms with van der Waals surface area (Å²) < 4.78 is 3.45. The number of fused-ring (bicyclic) bond motifs is 1. The number of rotatable bonds is 8. The summed E-state index contributed by atoms with van der Waals surface area (Å²) in [6, 6.07) is 7.37. The van der Waals surface area contributed by atoms with Crippen LogP contribution in [0.25, 0.3) is 10.9 Å². The van der Waals surface area contributed by atoms with E-state index in [1.54, 1.807) is 16.7 Å². The van der Waals surface area contributed by atoms with Crippen LogP contribution >= 0.6 is 11.8 Å². The fourth-order valence-corrected chi connectivity index (χ4v) is 3.43. The minimum absolute atomic E-state index is 0.0569. The normalized spacial score (nSPS) is 11.1. The lowest BCUT2D eigenvalue weighted by Gasteiger charge is -2.11. The van der Waals surface area contributed by atoms with Gasteiger partial charge >= 0.3 is 0 Å². The average molecular weight is 356 g/mol. The molecule has 1 aromatic carbocycles. The summed E-state index contributed by atoms with van der Waals surface area (Å²) in [6.07, 6.45) is 3.81. The van der Waals surface area contributed by atoms with Crippen molar-refractivity contribution in [3.63, 3.8) is 0 Å². The van der Waals surface area contributed by atoms with E-state index in [-0.39, 0.29) is 5.56 Å². The van der Waals surface area contributed by atoms with Gasteiger partial charge in [0.15, 0.2) is 11.0 Å². The predicted molar refractivity (Wildman–Crippen MR) is 98.5 cm³/mol. The quantitative estimate of drug-likeness (QED) is 0.351. The Bertz CT molecular complexity index is 932. The summed E-state index contributed by atoms with van der Waals surface area (Å²) in [6.45, 7) is 7.09. The van der Waals surface area contributed by atoms with Crippen molar-refractivity contribution in [2.24, 2.45) is 0 Å². The van der Waals surface area contributed by atoms with Gasteiger partial charge < -0.3 is 0 Å². The summed E-state index contributed by atoms with van der Waals surface area (Å²) in [5.41, 5.74) is 0.638. The first-order valence-corrected chi connectivity index (χ1v) is 9.21. The lowest BCUT2D eigenvalue weighted by Crippen LogP contribution is -2.22. The lowest BCUT2D eigenvalue weighted by atomic mass is 10.2. The highest BCUT2D eigenvalue weighted by Crippen LogP contribution is 2.21. The zero-order valence-electron chi connectivity index (χ0n) is 14.1. The standard InChI is InChI=1S/C17H20N6OS/c1-3-5-11-23-15(19-20-21-23)12-25-17-18-14-9-7-6-8-13(14)16(24)22(17)10-4-2/h4,6-9H,2-3,5,10-12H2,1H3. The van der Waals surface area contributed by atoms with Crippen molar-refractivity contribution in [1.82, 2.24) is 29.8 Å². The summed E-state index contributed by atoms with van der Waals surface area (Å²) >= 11 is 1.46. The van der Waals surface area contributed by atoms with Crippen LogP contribution in [0.4, 0.5) is 0 Å². The van der Waals surface area contributed by atoms with Crippen molar-refractivity contribution in [3.05, 3.63) is 53.1 Å². The Morgan fingerprint density at radius 1 is 1.32 bits per heavy atom. The zero-order valence-corrected chi connectivity index (χ0v) is 14.9. The largest absolute Gasteiger partial charge is 0.283 e. The molecule has 2 aromatic heterocycles. The van der Waals surface area contributed by atoms with Crippen molar-refractivity contribution in [1.29, 1.82) is 0 Å². The maximum atomic E-state index is 12.7. The highest BCUT2D eigenvalue weighted by Gasteiger charge is 2.13. The number of aromatic nitrogens is 6. The molecule has 0 atom stereocenters. The van der Waals surface area contributed by atoms with Crippen LogP contribution in [-0.2, 0) is 18.8 Å². The van der Waals surface area contributed by atoms with Gasteiger partial charge in [0.2, 0.25) is 0 Å². The van der Waals surface area contributed by atoms with E-state index in [1.807, 2.05) is 22.9 Å². The Kier molecular flexibility index (Phi) is 5.60. The predicted octanol–water partition coefficient (Wildman–Crippen LogP) is 2.66. The van der Waals surface area contributed by atoms with Crippen molar-refractivity contribution in [2.75, 3.05) is 0 Å². The van der Waals surface area contributed by atoms with E-state index in [0.29, 0.717) is 28.4 Å². The van der Waals surface area contributed by atoms with Crippen LogP contribution in [-0.4, -0.2) is 29.8 Å². The third-order valence-corrected chi connectivity index (χ3v) is 4.77. The van der Waals surface area contributed by atoms with Gasteiger partial charge in [-0.15, -0.1) is 11.7 Å². The Morgan fingerprint density at radius 2 is 2.16 bits per heavy atom. The first-order chi connectivity index (χ1) is 12.2. The van der Waals surface area contributed by atoms with E-state index < -0.39 is 0 Å². The second kappa shape index (κ2) is 8.06. The molecule has 0 N–H and O–H groups in total. The highest BCUT2D eigenvalue weighted by atomic mass is 32.2. The average Bonchev–Trinajstić information content (AvgIpc) is 3.08. The lowest BCUT2D eigenvalue weighted by molar-refractivity contribution is 0.540. The summed E-state index contributed by atoms with van der Waals surface area (Å²) in [5, 5.41) is 13.1. The van der Waals surface area contributed by atoms with E-state index >= 15 is 0 Å². The summed E-state index contributed by atoms with van der Waals surface area (Å²) in [4.78, 5) is 17.4. The number of para-hydroxylation sites is 1. The van der Waals surface area contributed by atoms with Crippen molar-refractivity contribution < 1.29 is 0 Å². The van der Waals surface area contributed by atoms with Crippen LogP contribution in [0, 0.1) is 0 Å². The minimum atomic E-state index is -0.0569. The highest BCUT2D eigenvalue weighted by molar-refractivity contribution is 7.98. The minimum Gasteiger partial charge on any atom is -0.283 e. The van der Waals surface area contributed by atoms with Gasteiger partial charge in [-0.05, 0) is 29.0 Å². The number of benzene rings is 1. The molecule has 0 bridgehead atoms. The van der Waals surface area contributed by atoms with Gasteiger partial charge in [0, 0.05) is 13.1 Å². The Morgan fingerprint density at radius 3 is 2.96 bits per heavy atom. The van der Waals surface area contributed by atoms with Crippen LogP contribution in [0.5, 0.6) is 0 Å². The molecule has 3 aromatic rings. The molecule has 0 spiro atoms. The number of thioether (sulfide) groups is 1. The maximum Gasteiger partial charge on any atom is 0.262 e. The summed E-state index contributed by atoms with van der Waals surface area (Å²) in [5.74, 6) is 1.34. The van der Waals surface area contributed by atoms with Crippen LogP contribution < -0.4 is 5.56 Å². The van der Waals surface area contributed by atoms with Gasteiger partial charge in [0.25, 0.3) is 5.56 Å². The van der Waals surface area contributed by atoms with Crippen LogP contribution in [0.2, 0.25) is 0 Å². The molecule has 0 saturated carbocycles. The van der Waals surface area contributed by atoms with Gasteiger partial charge in [-0.3, -0.25) is 9.36 Å². The second-order valence-electron chi connectivity index (χ2n) is 5.58. The third-order valence-electron chi connectivity index (χ3n) is 3.80. The molecule has 0 fully saturated rings. The van der Waals surface area contributed by atoms with Crippen molar-refractivity contribution in [3.8, 4) is 0 Å². The van der Waals surface area contributed by atoms with Gasteiger partial charge in [-0.25, -0.2) is 9.67 Å². The Balaban J connectivity index is 1.90. The number of tetrazole rings is 1. The molecule has 130 valence electrons. The first kappa shape index (κ1) is 17.3. The van der Waals surface area contributed by atoms with E-state index in [0.717, 1.165) is 25.2 Å². The molecule has 3 rings (SSSR count). The van der Waals surface area contributed by atoms with Gasteiger partial charge in [-0.1, -0.05) is 43.3 Å². The molecule has 7 nitrogen and oxygen atoms in total. The molecule has 0 amide bonds. The van der Waals surface area contributed by atoms with Gasteiger partial charge in [0.1, 0.15) is 0 Å². The number of hydrogen-bond donors (Lipinski definition) is 0. The molecular formula is C17H20N6OS. The number of nitrogens with zero attached hydrogens (tertiary/aromatic N) is 6. The smallest absolute Gasteiger partial charge is 0.262 e. The number of hydrogen-bond acceptors (Lipinski definition) is 6. The zero-order chi connectivity index (χ0) is 17.6. The number of unbranched alkanes of at least 4 members (excludes halogenated alkanes) is 1. The van der Waals surface area contributed by atoms with Crippen LogP contribution in [0.3, 0.4) is 0 Å². The third kappa shape index (κ3) is 3.79. The molecule has 0 saturated heterocycles. The van der Waals surface area contributed by atoms with E-state index in [1.165, 1.54) is 11.8 Å². The second-order valence-corrected chi connectivity index (χ2v) is 6.52. The van der Waals surface area contributed by atoms with Crippen LogP contribution in [0.15, 0.2) is 46.9 Å². The van der Waals surface area contributed by atoms with Crippen LogP contribution in [0.1, 0.15) is 25.6 Å². The molecule has 25 heavy (non-hydrogen) atoms. The van der Waals surface area contributed by atoms with E-state index in [9.17, 15) is 4.79 Å². The maximum absolute atomic E-state index is 12.7. The molecule has 0 unspecified atom stereocenters. The van der Waals surface area contributed by atoms with E-state index in [2.05, 4.69) is 34.0 Å². The number of aryl methyl sites for hydroxylation is 1. The first-order valence-electron chi connectivity index (χ1n) is 8.23. The molecule has 0 aliphatic rings. The molecule has 0 aliphatic carbocycles. The van der Waals surface area contributed by atoms with Crippen molar-refractivity contribution >= 4 is 22.7 Å². The monoisotopic (exact) mass is 356 g/mol. The van der Waals surface area contributed by atoms with Crippen molar-refractivity contribution in [2.45, 2.75) is 43.8 Å². The molecule has 8 heteroatoms. The molecule has 0 radical (unpaired) electrons. The molecule has 2 heterocycles. The Hall–Kier alpha value is -2.48. The van der Waals surface area contributed by atoms with E-state index in [4.69, 9.17) is 0 Å². The van der Waals surface area contributed by atoms with Gasteiger partial charge in [0.05, 0.1) is 16.7 Å².